The van der Waals surface area contributed by atoms with E-state index in [0.29, 0.717) is 12.0 Å². The fourth-order valence-corrected chi connectivity index (χ4v) is 1.63. The number of nitriles is 1. The highest BCUT2D eigenvalue weighted by atomic mass is 19.3. The molecule has 1 N–H and O–H groups in total. The SMILES string of the molecule is CCc1cc(C#N)c(CC(=O)O)cc1C(F)F. The van der Waals surface area contributed by atoms with Crippen molar-refractivity contribution < 1.29 is 18.7 Å². The predicted octanol–water partition coefficient (Wildman–Crippen LogP) is 2.69. The molecular formula is C12H11F2NO2. The van der Waals surface area contributed by atoms with Gasteiger partial charge in [0.05, 0.1) is 18.1 Å². The lowest BCUT2D eigenvalue weighted by Crippen LogP contribution is -2.05. The maximum atomic E-state index is 12.7. The van der Waals surface area contributed by atoms with Crippen LogP contribution < -0.4 is 0 Å². The molecule has 3 nitrogen and oxygen atoms in total. The maximum Gasteiger partial charge on any atom is 0.307 e. The number of halogens is 2. The molecule has 0 atom stereocenters. The molecule has 0 radical (unpaired) electrons. The number of nitrogens with zero attached hydrogens (tertiary/aromatic N) is 1. The van der Waals surface area contributed by atoms with E-state index in [2.05, 4.69) is 0 Å². The van der Waals surface area contributed by atoms with Crippen LogP contribution in [0.4, 0.5) is 8.78 Å². The van der Waals surface area contributed by atoms with E-state index in [-0.39, 0.29) is 16.7 Å². The van der Waals surface area contributed by atoms with Gasteiger partial charge in [-0.25, -0.2) is 8.78 Å². The monoisotopic (exact) mass is 239 g/mol. The molecule has 0 heterocycles. The van der Waals surface area contributed by atoms with Gasteiger partial charge in [0, 0.05) is 5.56 Å². The van der Waals surface area contributed by atoms with Gasteiger partial charge in [0.2, 0.25) is 0 Å². The van der Waals surface area contributed by atoms with Crippen LogP contribution in [-0.2, 0) is 17.6 Å². The quantitative estimate of drug-likeness (QED) is 0.878. The van der Waals surface area contributed by atoms with Gasteiger partial charge in [0.1, 0.15) is 0 Å². The third-order valence-corrected chi connectivity index (χ3v) is 2.44. The van der Waals surface area contributed by atoms with Gasteiger partial charge in [0.25, 0.3) is 6.43 Å². The summed E-state index contributed by atoms with van der Waals surface area (Å²) in [6, 6.07) is 4.30. The molecule has 0 fully saturated rings. The second kappa shape index (κ2) is 5.39. The van der Waals surface area contributed by atoms with Crippen LogP contribution in [0.5, 0.6) is 0 Å². The van der Waals surface area contributed by atoms with E-state index >= 15 is 0 Å². The Hall–Kier alpha value is -1.96. The summed E-state index contributed by atoms with van der Waals surface area (Å²) in [5, 5.41) is 17.5. The van der Waals surface area contributed by atoms with Crippen molar-refractivity contribution in [2.75, 3.05) is 0 Å². The Morgan fingerprint density at radius 2 is 2.12 bits per heavy atom. The molecule has 0 spiro atoms. The van der Waals surface area contributed by atoms with Crippen molar-refractivity contribution in [3.8, 4) is 6.07 Å². The van der Waals surface area contributed by atoms with Crippen molar-refractivity contribution in [1.29, 1.82) is 5.26 Å². The zero-order chi connectivity index (χ0) is 13.0. The minimum atomic E-state index is -2.66. The molecule has 17 heavy (non-hydrogen) atoms. The van der Waals surface area contributed by atoms with Crippen molar-refractivity contribution in [3.63, 3.8) is 0 Å². The topological polar surface area (TPSA) is 61.1 Å². The highest BCUT2D eigenvalue weighted by Gasteiger charge is 2.17. The summed E-state index contributed by atoms with van der Waals surface area (Å²) in [4.78, 5) is 10.6. The van der Waals surface area contributed by atoms with Gasteiger partial charge in [-0.05, 0) is 29.7 Å². The number of hydrogen-bond donors (Lipinski definition) is 1. The first-order valence-electron chi connectivity index (χ1n) is 5.05. The Morgan fingerprint density at radius 3 is 2.53 bits per heavy atom. The minimum absolute atomic E-state index is 0.132. The predicted molar refractivity (Wildman–Crippen MR) is 56.8 cm³/mol. The van der Waals surface area contributed by atoms with Gasteiger partial charge in [-0.15, -0.1) is 0 Å². The van der Waals surface area contributed by atoms with Crippen molar-refractivity contribution in [3.05, 3.63) is 34.4 Å². The van der Waals surface area contributed by atoms with Crippen LogP contribution in [0.2, 0.25) is 0 Å². The molecule has 5 heteroatoms. The standard InChI is InChI=1S/C12H11F2NO2/c1-2-7-3-9(6-15)8(5-11(16)17)4-10(7)12(13)14/h3-4,12H,2,5H2,1H3,(H,16,17). The van der Waals surface area contributed by atoms with Gasteiger partial charge in [-0.3, -0.25) is 4.79 Å². The zero-order valence-corrected chi connectivity index (χ0v) is 9.20. The Balaban J connectivity index is 3.34. The van der Waals surface area contributed by atoms with Crippen molar-refractivity contribution >= 4 is 5.97 Å². The van der Waals surface area contributed by atoms with Crippen LogP contribution in [0.1, 0.15) is 35.6 Å². The van der Waals surface area contributed by atoms with Crippen molar-refractivity contribution in [2.24, 2.45) is 0 Å². The molecule has 0 aliphatic carbocycles. The van der Waals surface area contributed by atoms with Crippen molar-refractivity contribution in [1.82, 2.24) is 0 Å². The molecule has 1 aromatic carbocycles. The maximum absolute atomic E-state index is 12.7. The largest absolute Gasteiger partial charge is 0.481 e. The zero-order valence-electron chi connectivity index (χ0n) is 9.20. The number of benzene rings is 1. The second-order valence-electron chi connectivity index (χ2n) is 3.54. The summed E-state index contributed by atoms with van der Waals surface area (Å²) in [5.74, 6) is -1.15. The molecule has 1 aromatic rings. The Bertz CT molecular complexity index is 478. The van der Waals surface area contributed by atoms with Crippen LogP contribution in [0, 0.1) is 11.3 Å². The Morgan fingerprint density at radius 1 is 1.47 bits per heavy atom. The van der Waals surface area contributed by atoms with Crippen LogP contribution in [0.3, 0.4) is 0 Å². The minimum Gasteiger partial charge on any atom is -0.481 e. The summed E-state index contributed by atoms with van der Waals surface area (Å²) in [7, 11) is 0. The van der Waals surface area contributed by atoms with Crippen LogP contribution in [-0.4, -0.2) is 11.1 Å². The molecule has 0 aromatic heterocycles. The van der Waals surface area contributed by atoms with Crippen LogP contribution in [0.25, 0.3) is 0 Å². The van der Waals surface area contributed by atoms with Crippen LogP contribution >= 0.6 is 0 Å². The average Bonchev–Trinajstić information content (AvgIpc) is 2.27. The second-order valence-corrected chi connectivity index (χ2v) is 3.54. The Kier molecular flexibility index (Phi) is 4.16. The van der Waals surface area contributed by atoms with E-state index in [9.17, 15) is 13.6 Å². The lowest BCUT2D eigenvalue weighted by molar-refractivity contribution is -0.136. The van der Waals surface area contributed by atoms with Gasteiger partial charge >= 0.3 is 5.97 Å². The Labute approximate surface area is 97.3 Å². The summed E-state index contributed by atoms with van der Waals surface area (Å²) in [6.45, 7) is 1.71. The third kappa shape index (κ3) is 3.00. The first-order chi connectivity index (χ1) is 7.99. The van der Waals surface area contributed by atoms with E-state index in [1.165, 1.54) is 6.07 Å². The molecule has 0 amide bonds. The number of carboxylic acid groups (broad SMARTS) is 1. The molecule has 0 unspecified atom stereocenters. The van der Waals surface area contributed by atoms with E-state index in [4.69, 9.17) is 10.4 Å². The van der Waals surface area contributed by atoms with Gasteiger partial charge in [0.15, 0.2) is 0 Å². The van der Waals surface area contributed by atoms with E-state index in [1.807, 2.05) is 6.07 Å². The number of aryl methyl sites for hydroxylation is 1. The number of hydrogen-bond acceptors (Lipinski definition) is 2. The number of carbonyl (C=O) groups is 1. The highest BCUT2D eigenvalue weighted by Crippen LogP contribution is 2.27. The molecule has 90 valence electrons. The normalized spacial score (nSPS) is 10.3. The number of carboxylic acids is 1. The average molecular weight is 239 g/mol. The highest BCUT2D eigenvalue weighted by molar-refractivity contribution is 5.71. The summed E-state index contributed by atoms with van der Waals surface area (Å²) >= 11 is 0. The fourth-order valence-electron chi connectivity index (χ4n) is 1.63. The third-order valence-electron chi connectivity index (χ3n) is 2.44. The van der Waals surface area contributed by atoms with Crippen molar-refractivity contribution in [2.45, 2.75) is 26.2 Å². The lowest BCUT2D eigenvalue weighted by Gasteiger charge is -2.10. The molecule has 0 saturated heterocycles. The first-order valence-corrected chi connectivity index (χ1v) is 5.05. The van der Waals surface area contributed by atoms with Gasteiger partial charge < -0.3 is 5.11 Å². The number of rotatable bonds is 4. The number of alkyl halides is 2. The summed E-state index contributed by atoms with van der Waals surface area (Å²) in [6.07, 6.45) is -2.71. The fraction of sp³-hybridized carbons (Fsp3) is 0.333. The molecule has 0 saturated carbocycles. The molecular weight excluding hydrogens is 228 g/mol. The summed E-state index contributed by atoms with van der Waals surface area (Å²) < 4.78 is 25.5. The molecule has 0 aliphatic heterocycles. The lowest BCUT2D eigenvalue weighted by atomic mass is 9.96. The molecule has 0 aliphatic rings. The summed E-state index contributed by atoms with van der Waals surface area (Å²) in [5.41, 5.74) is 0.467. The van der Waals surface area contributed by atoms with E-state index in [0.717, 1.165) is 6.07 Å². The number of aliphatic carboxylic acids is 1. The van der Waals surface area contributed by atoms with Gasteiger partial charge in [-0.1, -0.05) is 6.92 Å². The molecule has 0 bridgehead atoms. The first kappa shape index (κ1) is 13.1. The van der Waals surface area contributed by atoms with Crippen LogP contribution in [0.15, 0.2) is 12.1 Å². The molecule has 1 rings (SSSR count). The van der Waals surface area contributed by atoms with E-state index < -0.39 is 18.8 Å². The van der Waals surface area contributed by atoms with Gasteiger partial charge in [-0.2, -0.15) is 5.26 Å². The van der Waals surface area contributed by atoms with E-state index in [1.54, 1.807) is 6.92 Å². The smallest absolute Gasteiger partial charge is 0.307 e.